The first-order chi connectivity index (χ1) is 14.4. The van der Waals surface area contributed by atoms with E-state index in [0.29, 0.717) is 12.8 Å². The number of nitrogens with one attached hydrogen (secondary N) is 2. The molecular weight excluding hydrogens is 387 g/mol. The summed E-state index contributed by atoms with van der Waals surface area (Å²) in [7, 11) is -0.384. The summed E-state index contributed by atoms with van der Waals surface area (Å²) in [5.74, 6) is -1.18. The van der Waals surface area contributed by atoms with E-state index in [9.17, 15) is 19.6 Å². The largest absolute Gasteiger partial charge is 0.478 e. The molecule has 2 aromatic rings. The first-order valence-electron chi connectivity index (χ1n) is 9.63. The maximum absolute atomic E-state index is 12.8. The van der Waals surface area contributed by atoms with Crippen LogP contribution in [0, 0.1) is 0 Å². The molecule has 1 aromatic heterocycles. The average molecular weight is 414 g/mol. The average Bonchev–Trinajstić information content (AvgIpc) is 2.74. The number of methoxy groups -OCH3 is 1. The lowest BCUT2D eigenvalue weighted by atomic mass is 9.63. The molecule has 9 nitrogen and oxygen atoms in total. The van der Waals surface area contributed by atoms with Crippen LogP contribution in [0.25, 0.3) is 0 Å². The van der Waals surface area contributed by atoms with Crippen LogP contribution in [0.5, 0.6) is 0 Å². The highest BCUT2D eigenvalue weighted by Crippen LogP contribution is 2.17. The number of ether oxygens (including phenoxy) is 1. The van der Waals surface area contributed by atoms with E-state index in [1.165, 1.54) is 25.7 Å². The molecule has 0 saturated carbocycles. The highest BCUT2D eigenvalue weighted by molar-refractivity contribution is 6.46. The number of aromatic nitrogens is 2. The molecular formula is C20H27BN4O5. The Labute approximate surface area is 176 Å². The minimum Gasteiger partial charge on any atom is -0.426 e. The predicted octanol–water partition coefficient (Wildman–Crippen LogP) is 0.131. The Morgan fingerprint density at radius 1 is 1.23 bits per heavy atom. The number of carbonyl (C=O) groups excluding carboxylic acids is 2. The van der Waals surface area contributed by atoms with E-state index in [0.717, 1.165) is 12.0 Å². The zero-order valence-electron chi connectivity index (χ0n) is 17.1. The molecule has 0 bridgehead atoms. The van der Waals surface area contributed by atoms with E-state index in [-0.39, 0.29) is 12.3 Å². The van der Waals surface area contributed by atoms with Crippen molar-refractivity contribution in [1.29, 1.82) is 0 Å². The highest BCUT2D eigenvalue weighted by Gasteiger charge is 2.40. The van der Waals surface area contributed by atoms with Gasteiger partial charge in [-0.1, -0.05) is 30.3 Å². The summed E-state index contributed by atoms with van der Waals surface area (Å²) in [5.41, 5.74) is -0.124. The van der Waals surface area contributed by atoms with Crippen LogP contribution in [0.15, 0.2) is 48.9 Å². The van der Waals surface area contributed by atoms with Gasteiger partial charge in [0.25, 0.3) is 5.91 Å². The molecule has 0 saturated heterocycles. The summed E-state index contributed by atoms with van der Waals surface area (Å²) in [4.78, 5) is 32.8. The van der Waals surface area contributed by atoms with Gasteiger partial charge in [-0.3, -0.25) is 14.6 Å². The van der Waals surface area contributed by atoms with Crippen molar-refractivity contribution in [3.63, 3.8) is 0 Å². The van der Waals surface area contributed by atoms with Gasteiger partial charge in [0.15, 0.2) is 0 Å². The van der Waals surface area contributed by atoms with Gasteiger partial charge in [-0.2, -0.15) is 0 Å². The molecule has 0 unspecified atom stereocenters. The second-order valence-corrected chi connectivity index (χ2v) is 7.19. The van der Waals surface area contributed by atoms with Gasteiger partial charge in [0.05, 0.1) is 18.2 Å². The fourth-order valence-electron chi connectivity index (χ4n) is 2.93. The second-order valence-electron chi connectivity index (χ2n) is 7.19. The Morgan fingerprint density at radius 2 is 1.97 bits per heavy atom. The Morgan fingerprint density at radius 3 is 2.57 bits per heavy atom. The predicted molar refractivity (Wildman–Crippen MR) is 111 cm³/mol. The molecule has 0 aliphatic rings. The Kier molecular flexibility index (Phi) is 8.91. The van der Waals surface area contributed by atoms with Crippen molar-refractivity contribution in [3.8, 4) is 0 Å². The Hall–Kier alpha value is -2.82. The van der Waals surface area contributed by atoms with Gasteiger partial charge in [-0.15, -0.1) is 0 Å². The van der Waals surface area contributed by atoms with Crippen molar-refractivity contribution in [1.82, 2.24) is 20.6 Å². The number of benzene rings is 1. The molecule has 0 fully saturated rings. The van der Waals surface area contributed by atoms with Crippen LogP contribution in [0.3, 0.4) is 0 Å². The number of rotatable bonds is 11. The summed E-state index contributed by atoms with van der Waals surface area (Å²) in [5, 5.41) is 25.0. The van der Waals surface area contributed by atoms with Crippen molar-refractivity contribution in [3.05, 3.63) is 60.2 Å². The maximum Gasteiger partial charge on any atom is 0.478 e. The number of aryl methyl sites for hydroxylation is 1. The third kappa shape index (κ3) is 6.91. The van der Waals surface area contributed by atoms with Crippen molar-refractivity contribution >= 4 is 18.9 Å². The van der Waals surface area contributed by atoms with Crippen molar-refractivity contribution < 1.29 is 24.4 Å². The second kappa shape index (κ2) is 11.4. The summed E-state index contributed by atoms with van der Waals surface area (Å²) < 4.78 is 5.04. The fourth-order valence-corrected chi connectivity index (χ4v) is 2.93. The van der Waals surface area contributed by atoms with Crippen LogP contribution in [0.1, 0.15) is 35.8 Å². The lowest BCUT2D eigenvalue weighted by molar-refractivity contribution is -0.125. The van der Waals surface area contributed by atoms with Gasteiger partial charge in [-0.25, -0.2) is 4.98 Å². The van der Waals surface area contributed by atoms with Crippen molar-refractivity contribution in [2.45, 2.75) is 37.7 Å². The molecule has 0 aliphatic heterocycles. The van der Waals surface area contributed by atoms with E-state index in [2.05, 4.69) is 20.6 Å². The maximum atomic E-state index is 12.8. The Bertz CT molecular complexity index is 809. The van der Waals surface area contributed by atoms with Gasteiger partial charge in [-0.05, 0) is 31.7 Å². The van der Waals surface area contributed by atoms with Crippen LogP contribution in [0.2, 0.25) is 0 Å². The molecule has 10 heteroatoms. The van der Waals surface area contributed by atoms with E-state index >= 15 is 0 Å². The minimum absolute atomic E-state index is 0.0548. The zero-order valence-corrected chi connectivity index (χ0v) is 17.1. The normalized spacial score (nSPS) is 13.7. The van der Waals surface area contributed by atoms with Gasteiger partial charge < -0.3 is 25.4 Å². The highest BCUT2D eigenvalue weighted by atomic mass is 16.5. The molecule has 0 radical (unpaired) electrons. The van der Waals surface area contributed by atoms with E-state index in [4.69, 9.17) is 4.74 Å². The van der Waals surface area contributed by atoms with E-state index in [1.54, 1.807) is 6.92 Å². The monoisotopic (exact) mass is 414 g/mol. The molecule has 1 heterocycles. The van der Waals surface area contributed by atoms with E-state index in [1.807, 2.05) is 30.3 Å². The van der Waals surface area contributed by atoms with Crippen LogP contribution in [-0.2, 0) is 16.0 Å². The summed E-state index contributed by atoms with van der Waals surface area (Å²) in [6, 6.07) is 8.73. The van der Waals surface area contributed by atoms with Gasteiger partial charge in [0.2, 0.25) is 5.91 Å². The van der Waals surface area contributed by atoms with Crippen LogP contribution in [-0.4, -0.2) is 64.1 Å². The van der Waals surface area contributed by atoms with Crippen LogP contribution >= 0.6 is 0 Å². The summed E-state index contributed by atoms with van der Waals surface area (Å²) >= 11 is 0. The number of amides is 2. The topological polar surface area (TPSA) is 134 Å². The number of nitrogens with zero attached hydrogens (tertiary/aromatic N) is 2. The standard InChI is InChI=1S/C20H27BN4O5/c1-20(21(28)29,10-6-9-15-7-4-3-5-8-15)25-19(27)17(14-30-2)24-18(26)16-13-22-11-12-23-16/h3-5,7-8,11-13,17,28-29H,6,9-10,14H2,1-2H3,(H,24,26)(H,25,27)/t17-,20+/m1/s1. The van der Waals surface area contributed by atoms with Crippen molar-refractivity contribution in [2.24, 2.45) is 0 Å². The third-order valence-corrected chi connectivity index (χ3v) is 4.73. The lowest BCUT2D eigenvalue weighted by Gasteiger charge is -2.32. The van der Waals surface area contributed by atoms with Crippen LogP contribution < -0.4 is 10.6 Å². The first-order valence-corrected chi connectivity index (χ1v) is 9.63. The molecule has 2 atom stereocenters. The number of hydrogen-bond donors (Lipinski definition) is 4. The number of carbonyl (C=O) groups is 2. The molecule has 2 amide bonds. The van der Waals surface area contributed by atoms with Crippen molar-refractivity contribution in [2.75, 3.05) is 13.7 Å². The quantitative estimate of drug-likeness (QED) is 0.384. The minimum atomic E-state index is -1.78. The summed E-state index contributed by atoms with van der Waals surface area (Å²) in [6.45, 7) is 1.45. The molecule has 0 aliphatic carbocycles. The molecule has 30 heavy (non-hydrogen) atoms. The number of hydrogen-bond acceptors (Lipinski definition) is 7. The SMILES string of the molecule is COC[C@@H](NC(=O)c1cnccn1)C(=O)N[C@@](C)(CCCc1ccccc1)B(O)O. The molecule has 2 rings (SSSR count). The van der Waals surface area contributed by atoms with Crippen LogP contribution in [0.4, 0.5) is 0 Å². The first kappa shape index (κ1) is 23.5. The molecule has 4 N–H and O–H groups in total. The Balaban J connectivity index is 2.01. The molecule has 160 valence electrons. The fraction of sp³-hybridized carbons (Fsp3) is 0.400. The zero-order chi connectivity index (χ0) is 22.0. The van der Waals surface area contributed by atoms with Gasteiger partial charge in [0, 0.05) is 19.5 Å². The smallest absolute Gasteiger partial charge is 0.426 e. The van der Waals surface area contributed by atoms with Gasteiger partial charge >= 0.3 is 7.12 Å². The van der Waals surface area contributed by atoms with Gasteiger partial charge in [0.1, 0.15) is 11.7 Å². The third-order valence-electron chi connectivity index (χ3n) is 4.73. The lowest BCUT2D eigenvalue weighted by Crippen LogP contribution is -2.62. The van der Waals surface area contributed by atoms with E-state index < -0.39 is 30.4 Å². The molecule has 1 aromatic carbocycles. The molecule has 0 spiro atoms. The summed E-state index contributed by atoms with van der Waals surface area (Å²) in [6.07, 6.45) is 5.75.